The molecule has 1 saturated heterocycles. The van der Waals surface area contributed by atoms with Gasteiger partial charge in [-0.1, -0.05) is 25.1 Å². The van der Waals surface area contributed by atoms with Crippen LogP contribution in [0.2, 0.25) is 0 Å². The minimum atomic E-state index is -0.379. The Morgan fingerprint density at radius 1 is 1.47 bits per heavy atom. The van der Waals surface area contributed by atoms with Crippen LogP contribution in [-0.4, -0.2) is 31.4 Å². The Morgan fingerprint density at radius 3 is 2.88 bits per heavy atom. The SMILES string of the molecule is CCC(O)c1ccccc1N(C)C1CCOC1. The molecule has 0 bridgehead atoms. The number of ether oxygens (including phenoxy) is 1. The number of hydrogen-bond donors (Lipinski definition) is 1. The number of likely N-dealkylation sites (N-methyl/N-ethyl adjacent to an activating group) is 1. The van der Waals surface area contributed by atoms with Gasteiger partial charge in [-0.15, -0.1) is 0 Å². The fourth-order valence-corrected chi connectivity index (χ4v) is 2.33. The highest BCUT2D eigenvalue weighted by atomic mass is 16.5. The summed E-state index contributed by atoms with van der Waals surface area (Å²) in [6.07, 6.45) is 1.43. The molecular formula is C14H21NO2. The van der Waals surface area contributed by atoms with Gasteiger partial charge in [-0.3, -0.25) is 0 Å². The highest BCUT2D eigenvalue weighted by Gasteiger charge is 2.23. The average molecular weight is 235 g/mol. The summed E-state index contributed by atoms with van der Waals surface area (Å²) in [5.41, 5.74) is 2.14. The van der Waals surface area contributed by atoms with Crippen molar-refractivity contribution in [1.29, 1.82) is 0 Å². The Morgan fingerprint density at radius 2 is 2.24 bits per heavy atom. The lowest BCUT2D eigenvalue weighted by molar-refractivity contribution is 0.173. The first-order chi connectivity index (χ1) is 8.24. The second-order valence-electron chi connectivity index (χ2n) is 4.61. The number of aliphatic hydroxyl groups excluding tert-OH is 1. The third-order valence-electron chi connectivity index (χ3n) is 3.52. The normalized spacial score (nSPS) is 21.5. The third-order valence-corrected chi connectivity index (χ3v) is 3.52. The maximum atomic E-state index is 10.0. The summed E-state index contributed by atoms with van der Waals surface area (Å²) < 4.78 is 5.42. The van der Waals surface area contributed by atoms with Gasteiger partial charge in [-0.2, -0.15) is 0 Å². The van der Waals surface area contributed by atoms with Gasteiger partial charge >= 0.3 is 0 Å². The van der Waals surface area contributed by atoms with Crippen molar-refractivity contribution in [2.24, 2.45) is 0 Å². The van der Waals surface area contributed by atoms with E-state index < -0.39 is 0 Å². The first kappa shape index (κ1) is 12.4. The minimum absolute atomic E-state index is 0.379. The molecule has 1 aromatic rings. The molecule has 1 heterocycles. The van der Waals surface area contributed by atoms with Crippen LogP contribution in [0.15, 0.2) is 24.3 Å². The van der Waals surface area contributed by atoms with Crippen LogP contribution in [0.5, 0.6) is 0 Å². The number of para-hydroxylation sites is 1. The summed E-state index contributed by atoms with van der Waals surface area (Å²) in [5, 5.41) is 10.0. The van der Waals surface area contributed by atoms with E-state index in [4.69, 9.17) is 4.74 Å². The van der Waals surface area contributed by atoms with Gasteiger partial charge < -0.3 is 14.7 Å². The number of hydrogen-bond acceptors (Lipinski definition) is 3. The van der Waals surface area contributed by atoms with Gasteiger partial charge in [0.15, 0.2) is 0 Å². The molecule has 2 unspecified atom stereocenters. The molecule has 0 saturated carbocycles. The zero-order chi connectivity index (χ0) is 12.3. The van der Waals surface area contributed by atoms with Crippen LogP contribution in [0.3, 0.4) is 0 Å². The number of nitrogens with zero attached hydrogens (tertiary/aromatic N) is 1. The summed E-state index contributed by atoms with van der Waals surface area (Å²) in [7, 11) is 2.08. The van der Waals surface area contributed by atoms with Gasteiger partial charge in [0.25, 0.3) is 0 Å². The van der Waals surface area contributed by atoms with E-state index in [-0.39, 0.29) is 6.10 Å². The van der Waals surface area contributed by atoms with Crippen molar-refractivity contribution >= 4 is 5.69 Å². The third kappa shape index (κ3) is 2.61. The number of anilines is 1. The van der Waals surface area contributed by atoms with E-state index in [0.717, 1.165) is 37.3 Å². The van der Waals surface area contributed by atoms with Crippen molar-refractivity contribution in [3.63, 3.8) is 0 Å². The molecule has 94 valence electrons. The average Bonchev–Trinajstić information content (AvgIpc) is 2.91. The lowest BCUT2D eigenvalue weighted by Crippen LogP contribution is -2.32. The lowest BCUT2D eigenvalue weighted by atomic mass is 10.0. The maximum absolute atomic E-state index is 10.0. The van der Waals surface area contributed by atoms with Crippen LogP contribution in [0, 0.1) is 0 Å². The quantitative estimate of drug-likeness (QED) is 0.869. The maximum Gasteiger partial charge on any atom is 0.0807 e. The van der Waals surface area contributed by atoms with Gasteiger partial charge in [0, 0.05) is 24.9 Å². The Bertz CT molecular complexity index is 361. The van der Waals surface area contributed by atoms with E-state index >= 15 is 0 Å². The molecule has 0 aromatic heterocycles. The smallest absolute Gasteiger partial charge is 0.0807 e. The zero-order valence-electron chi connectivity index (χ0n) is 10.6. The number of rotatable bonds is 4. The van der Waals surface area contributed by atoms with E-state index in [1.54, 1.807) is 0 Å². The van der Waals surface area contributed by atoms with Crippen molar-refractivity contribution in [2.45, 2.75) is 31.9 Å². The molecule has 1 aliphatic rings. The molecule has 0 spiro atoms. The van der Waals surface area contributed by atoms with E-state index in [1.165, 1.54) is 0 Å². The molecule has 3 heteroatoms. The minimum Gasteiger partial charge on any atom is -0.388 e. The van der Waals surface area contributed by atoms with Gasteiger partial charge in [-0.25, -0.2) is 0 Å². The van der Waals surface area contributed by atoms with E-state index in [9.17, 15) is 5.11 Å². The molecule has 1 fully saturated rings. The van der Waals surface area contributed by atoms with Crippen LogP contribution in [0.1, 0.15) is 31.4 Å². The fourth-order valence-electron chi connectivity index (χ4n) is 2.33. The molecule has 17 heavy (non-hydrogen) atoms. The van der Waals surface area contributed by atoms with Crippen LogP contribution < -0.4 is 4.90 Å². The molecule has 1 aliphatic heterocycles. The molecule has 3 nitrogen and oxygen atoms in total. The molecular weight excluding hydrogens is 214 g/mol. The van der Waals surface area contributed by atoms with E-state index in [0.29, 0.717) is 6.04 Å². The van der Waals surface area contributed by atoms with E-state index in [1.807, 2.05) is 25.1 Å². The van der Waals surface area contributed by atoms with Gasteiger partial charge in [0.05, 0.1) is 18.8 Å². The fraction of sp³-hybridized carbons (Fsp3) is 0.571. The summed E-state index contributed by atoms with van der Waals surface area (Å²) >= 11 is 0. The Hall–Kier alpha value is -1.06. The highest BCUT2D eigenvalue weighted by Crippen LogP contribution is 2.29. The summed E-state index contributed by atoms with van der Waals surface area (Å²) in [6, 6.07) is 8.52. The molecule has 0 amide bonds. The Balaban J connectivity index is 2.24. The molecule has 2 atom stereocenters. The first-order valence-electron chi connectivity index (χ1n) is 6.31. The molecule has 0 aliphatic carbocycles. The molecule has 2 rings (SSSR count). The Labute approximate surface area is 103 Å². The predicted molar refractivity (Wildman–Crippen MR) is 69.3 cm³/mol. The summed E-state index contributed by atoms with van der Waals surface area (Å²) in [5.74, 6) is 0. The van der Waals surface area contributed by atoms with Crippen molar-refractivity contribution in [3.8, 4) is 0 Å². The largest absolute Gasteiger partial charge is 0.388 e. The van der Waals surface area contributed by atoms with Crippen molar-refractivity contribution in [1.82, 2.24) is 0 Å². The molecule has 0 radical (unpaired) electrons. The highest BCUT2D eigenvalue weighted by molar-refractivity contribution is 5.55. The standard InChI is InChI=1S/C14H21NO2/c1-3-14(16)12-6-4-5-7-13(12)15(2)11-8-9-17-10-11/h4-7,11,14,16H,3,8-10H2,1-2H3. The second-order valence-corrected chi connectivity index (χ2v) is 4.61. The first-order valence-corrected chi connectivity index (χ1v) is 6.31. The summed E-state index contributed by atoms with van der Waals surface area (Å²) in [6.45, 7) is 3.63. The van der Waals surface area contributed by atoms with Gasteiger partial charge in [0.1, 0.15) is 0 Å². The molecule has 1 N–H and O–H groups in total. The lowest BCUT2D eigenvalue weighted by Gasteiger charge is -2.28. The van der Waals surface area contributed by atoms with Crippen LogP contribution in [-0.2, 0) is 4.74 Å². The second kappa shape index (κ2) is 5.52. The predicted octanol–water partition coefficient (Wildman–Crippen LogP) is 2.36. The number of benzene rings is 1. The van der Waals surface area contributed by atoms with E-state index in [2.05, 4.69) is 18.0 Å². The van der Waals surface area contributed by atoms with Crippen LogP contribution >= 0.6 is 0 Å². The van der Waals surface area contributed by atoms with Gasteiger partial charge in [-0.05, 0) is 18.9 Å². The topological polar surface area (TPSA) is 32.7 Å². The number of aliphatic hydroxyl groups is 1. The van der Waals surface area contributed by atoms with Crippen LogP contribution in [0.4, 0.5) is 5.69 Å². The van der Waals surface area contributed by atoms with Gasteiger partial charge in [0.2, 0.25) is 0 Å². The molecule has 1 aromatic carbocycles. The van der Waals surface area contributed by atoms with Crippen molar-refractivity contribution in [2.75, 3.05) is 25.2 Å². The van der Waals surface area contributed by atoms with Crippen LogP contribution in [0.25, 0.3) is 0 Å². The van der Waals surface area contributed by atoms with Crippen molar-refractivity contribution < 1.29 is 9.84 Å². The Kier molecular flexibility index (Phi) is 4.02. The summed E-state index contributed by atoms with van der Waals surface area (Å²) in [4.78, 5) is 2.24. The van der Waals surface area contributed by atoms with Crippen molar-refractivity contribution in [3.05, 3.63) is 29.8 Å². The zero-order valence-corrected chi connectivity index (χ0v) is 10.6. The monoisotopic (exact) mass is 235 g/mol.